The monoisotopic (exact) mass is 477 g/mol. The summed E-state index contributed by atoms with van der Waals surface area (Å²) in [4.78, 5) is 19.1. The topological polar surface area (TPSA) is 113 Å². The lowest BCUT2D eigenvalue weighted by molar-refractivity contribution is -0.151. The molecule has 184 valence electrons. The van der Waals surface area contributed by atoms with E-state index in [9.17, 15) is 15.2 Å². The highest BCUT2D eigenvalue weighted by molar-refractivity contribution is 5.85. The number of aromatic nitrogens is 3. The SMILES string of the molecule is CCOc1cc(-c2ccc(N3CCC(CO)(CC(=O)OC(C)C)CC3)nc2)c2c(C#N)cnn2c1. The molecule has 0 spiro atoms. The lowest BCUT2D eigenvalue weighted by Crippen LogP contribution is -2.43. The van der Waals surface area contributed by atoms with Crippen molar-refractivity contribution >= 4 is 17.3 Å². The fourth-order valence-corrected chi connectivity index (χ4v) is 4.59. The van der Waals surface area contributed by atoms with E-state index in [-0.39, 0.29) is 25.1 Å². The quantitative estimate of drug-likeness (QED) is 0.490. The molecule has 0 amide bonds. The van der Waals surface area contributed by atoms with Crippen LogP contribution in [0.2, 0.25) is 0 Å². The number of aliphatic hydroxyl groups is 1. The van der Waals surface area contributed by atoms with Gasteiger partial charge in [-0.05, 0) is 51.8 Å². The molecule has 4 heterocycles. The second-order valence-electron chi connectivity index (χ2n) is 9.25. The molecule has 9 heteroatoms. The number of nitriles is 1. The Hall–Kier alpha value is -3.64. The van der Waals surface area contributed by atoms with Gasteiger partial charge < -0.3 is 19.5 Å². The van der Waals surface area contributed by atoms with Gasteiger partial charge in [-0.25, -0.2) is 9.50 Å². The summed E-state index contributed by atoms with van der Waals surface area (Å²) >= 11 is 0. The standard InChI is InChI=1S/C26H31N5O4/c1-4-34-21-11-22(25-20(13-27)15-29-31(25)16-21)19-5-6-23(28-14-19)30-9-7-26(17-32,8-10-30)12-24(33)35-18(2)3/h5-6,11,14-16,18,32H,4,7-10,12,17H2,1-3H3. The van der Waals surface area contributed by atoms with E-state index in [1.807, 2.05) is 39.0 Å². The number of rotatable bonds is 8. The molecule has 0 aliphatic carbocycles. The Bertz CT molecular complexity index is 1220. The average Bonchev–Trinajstić information content (AvgIpc) is 3.27. The first-order valence-corrected chi connectivity index (χ1v) is 11.9. The van der Waals surface area contributed by atoms with Crippen molar-refractivity contribution in [3.05, 3.63) is 42.4 Å². The van der Waals surface area contributed by atoms with Crippen molar-refractivity contribution in [1.29, 1.82) is 5.26 Å². The number of hydrogen-bond donors (Lipinski definition) is 1. The van der Waals surface area contributed by atoms with Crippen LogP contribution in [0.1, 0.15) is 45.6 Å². The minimum absolute atomic E-state index is 0.0425. The number of esters is 1. The summed E-state index contributed by atoms with van der Waals surface area (Å²) in [5.41, 5.74) is 2.42. The van der Waals surface area contributed by atoms with E-state index >= 15 is 0 Å². The zero-order valence-corrected chi connectivity index (χ0v) is 20.4. The van der Waals surface area contributed by atoms with Crippen LogP contribution in [0, 0.1) is 16.7 Å². The van der Waals surface area contributed by atoms with Crippen molar-refractivity contribution in [1.82, 2.24) is 14.6 Å². The maximum absolute atomic E-state index is 12.2. The molecule has 0 radical (unpaired) electrons. The minimum atomic E-state index is -0.455. The Balaban J connectivity index is 1.53. The van der Waals surface area contributed by atoms with E-state index in [2.05, 4.69) is 16.1 Å². The van der Waals surface area contributed by atoms with Crippen molar-refractivity contribution in [3.63, 3.8) is 0 Å². The van der Waals surface area contributed by atoms with Gasteiger partial charge in [0, 0.05) is 42.4 Å². The number of ether oxygens (including phenoxy) is 2. The van der Waals surface area contributed by atoms with Crippen LogP contribution in [0.25, 0.3) is 16.6 Å². The number of nitrogens with zero attached hydrogens (tertiary/aromatic N) is 5. The molecule has 9 nitrogen and oxygen atoms in total. The van der Waals surface area contributed by atoms with Gasteiger partial charge in [-0.15, -0.1) is 0 Å². The number of anilines is 1. The van der Waals surface area contributed by atoms with Crippen LogP contribution < -0.4 is 9.64 Å². The van der Waals surface area contributed by atoms with Crippen LogP contribution >= 0.6 is 0 Å². The number of aliphatic hydroxyl groups excluding tert-OH is 1. The van der Waals surface area contributed by atoms with Gasteiger partial charge in [0.1, 0.15) is 17.6 Å². The Labute approximate surface area is 204 Å². The van der Waals surface area contributed by atoms with Crippen molar-refractivity contribution in [2.24, 2.45) is 5.41 Å². The Morgan fingerprint density at radius 2 is 2.06 bits per heavy atom. The maximum Gasteiger partial charge on any atom is 0.306 e. The van der Waals surface area contributed by atoms with Crippen LogP contribution in [0.15, 0.2) is 36.8 Å². The van der Waals surface area contributed by atoms with Gasteiger partial charge in [-0.1, -0.05) is 0 Å². The first-order valence-electron chi connectivity index (χ1n) is 11.9. The van der Waals surface area contributed by atoms with E-state index in [4.69, 9.17) is 14.5 Å². The molecule has 0 atom stereocenters. The molecule has 3 aromatic heterocycles. The first kappa shape index (κ1) is 24.5. The number of fused-ring (bicyclic) bond motifs is 1. The third-order valence-electron chi connectivity index (χ3n) is 6.45. The zero-order chi connectivity index (χ0) is 25.0. The maximum atomic E-state index is 12.2. The predicted molar refractivity (Wildman–Crippen MR) is 131 cm³/mol. The highest BCUT2D eigenvalue weighted by Gasteiger charge is 2.37. The molecule has 0 unspecified atom stereocenters. The number of piperidine rings is 1. The first-order chi connectivity index (χ1) is 16.9. The molecule has 3 aromatic rings. The Morgan fingerprint density at radius 1 is 1.29 bits per heavy atom. The molecule has 1 N–H and O–H groups in total. The van der Waals surface area contributed by atoms with Crippen molar-refractivity contribution in [2.75, 3.05) is 31.2 Å². The molecule has 4 rings (SSSR count). The average molecular weight is 478 g/mol. The number of pyridine rings is 2. The second-order valence-corrected chi connectivity index (χ2v) is 9.25. The molecule has 1 fully saturated rings. The summed E-state index contributed by atoms with van der Waals surface area (Å²) in [6.45, 7) is 7.43. The second kappa shape index (κ2) is 10.3. The smallest absolute Gasteiger partial charge is 0.306 e. The summed E-state index contributed by atoms with van der Waals surface area (Å²) in [5, 5.41) is 23.9. The predicted octanol–water partition coefficient (Wildman–Crippen LogP) is 3.59. The molecule has 1 saturated heterocycles. The Kier molecular flexibility index (Phi) is 7.22. The van der Waals surface area contributed by atoms with Crippen molar-refractivity contribution in [2.45, 2.75) is 46.1 Å². The minimum Gasteiger partial charge on any atom is -0.492 e. The van der Waals surface area contributed by atoms with Crippen LogP contribution in [0.3, 0.4) is 0 Å². The lowest BCUT2D eigenvalue weighted by Gasteiger charge is -2.40. The fraction of sp³-hybridized carbons (Fsp3) is 0.462. The van der Waals surface area contributed by atoms with Crippen molar-refractivity contribution in [3.8, 4) is 22.9 Å². The molecule has 0 aromatic carbocycles. The molecule has 0 bridgehead atoms. The summed E-state index contributed by atoms with van der Waals surface area (Å²) in [7, 11) is 0. The highest BCUT2D eigenvalue weighted by Crippen LogP contribution is 2.37. The third-order valence-corrected chi connectivity index (χ3v) is 6.45. The van der Waals surface area contributed by atoms with E-state index < -0.39 is 5.41 Å². The normalized spacial score (nSPS) is 15.3. The largest absolute Gasteiger partial charge is 0.492 e. The number of hydrogen-bond acceptors (Lipinski definition) is 8. The number of carbonyl (C=O) groups excluding carboxylic acids is 1. The summed E-state index contributed by atoms with van der Waals surface area (Å²) in [5.74, 6) is 1.23. The fourth-order valence-electron chi connectivity index (χ4n) is 4.59. The van der Waals surface area contributed by atoms with Crippen LogP contribution in [-0.4, -0.2) is 58.1 Å². The summed E-state index contributed by atoms with van der Waals surface area (Å²) in [6.07, 6.45) is 6.53. The van der Waals surface area contributed by atoms with Gasteiger partial charge in [0.05, 0.1) is 42.6 Å². The molecular formula is C26H31N5O4. The van der Waals surface area contributed by atoms with Crippen LogP contribution in [0.5, 0.6) is 5.75 Å². The zero-order valence-electron chi connectivity index (χ0n) is 20.4. The van der Waals surface area contributed by atoms with Crippen molar-refractivity contribution < 1.29 is 19.4 Å². The summed E-state index contributed by atoms with van der Waals surface area (Å²) < 4.78 is 12.7. The van der Waals surface area contributed by atoms with E-state index in [0.717, 1.165) is 16.9 Å². The van der Waals surface area contributed by atoms with Gasteiger partial charge in [0.2, 0.25) is 0 Å². The molecule has 1 aliphatic heterocycles. The summed E-state index contributed by atoms with van der Waals surface area (Å²) in [6, 6.07) is 8.05. The van der Waals surface area contributed by atoms with Gasteiger partial charge in [-0.3, -0.25) is 4.79 Å². The van der Waals surface area contributed by atoms with Crippen LogP contribution in [-0.2, 0) is 9.53 Å². The Morgan fingerprint density at radius 3 is 2.66 bits per heavy atom. The highest BCUT2D eigenvalue weighted by atomic mass is 16.5. The molecule has 1 aliphatic rings. The van der Waals surface area contributed by atoms with Crippen LogP contribution in [0.4, 0.5) is 5.82 Å². The lowest BCUT2D eigenvalue weighted by atomic mass is 9.76. The van der Waals surface area contributed by atoms with Gasteiger partial charge in [-0.2, -0.15) is 10.4 Å². The van der Waals surface area contributed by atoms with E-state index in [1.54, 1.807) is 23.1 Å². The molecule has 0 saturated carbocycles. The third kappa shape index (κ3) is 5.23. The van der Waals surface area contributed by atoms with Gasteiger partial charge in [0.25, 0.3) is 0 Å². The van der Waals surface area contributed by atoms with Gasteiger partial charge in [0.15, 0.2) is 0 Å². The van der Waals surface area contributed by atoms with E-state index in [1.165, 1.54) is 0 Å². The number of carbonyl (C=O) groups is 1. The molecular weight excluding hydrogens is 446 g/mol. The van der Waals surface area contributed by atoms with E-state index in [0.29, 0.717) is 49.4 Å². The molecule has 35 heavy (non-hydrogen) atoms. The van der Waals surface area contributed by atoms with Gasteiger partial charge >= 0.3 is 5.97 Å².